The number of hydrogen-bond donors (Lipinski definition) is 0. The van der Waals surface area contributed by atoms with Gasteiger partial charge in [-0.15, -0.1) is 0 Å². The van der Waals surface area contributed by atoms with Gasteiger partial charge in [0.1, 0.15) is 0 Å². The number of carbonyl (C=O) groups is 4. The van der Waals surface area contributed by atoms with Gasteiger partial charge in [-0.05, 0) is 31.9 Å². The summed E-state index contributed by atoms with van der Waals surface area (Å²) in [5.41, 5.74) is -1.28. The van der Waals surface area contributed by atoms with Crippen molar-refractivity contribution in [2.45, 2.75) is 19.8 Å². The van der Waals surface area contributed by atoms with Gasteiger partial charge in [-0.25, -0.2) is 4.79 Å². The summed E-state index contributed by atoms with van der Waals surface area (Å²) in [4.78, 5) is 54.8. The molecular formula is C17H17NO7. The van der Waals surface area contributed by atoms with Crippen molar-refractivity contribution in [1.29, 1.82) is 0 Å². The van der Waals surface area contributed by atoms with Gasteiger partial charge in [-0.1, -0.05) is 17.2 Å². The third-order valence-corrected chi connectivity index (χ3v) is 4.33. The monoisotopic (exact) mass is 347 g/mol. The molecule has 8 nitrogen and oxygen atoms in total. The van der Waals surface area contributed by atoms with E-state index in [0.717, 1.165) is 0 Å². The molecule has 0 spiro atoms. The average molecular weight is 347 g/mol. The summed E-state index contributed by atoms with van der Waals surface area (Å²) in [5.74, 6) is -3.19. The summed E-state index contributed by atoms with van der Waals surface area (Å²) in [6.45, 7) is 2.08. The minimum absolute atomic E-state index is 0.0633. The summed E-state index contributed by atoms with van der Waals surface area (Å²) in [5, 5.41) is 0.406. The molecule has 1 saturated heterocycles. The molecule has 2 aliphatic rings. The van der Waals surface area contributed by atoms with Gasteiger partial charge < -0.3 is 14.3 Å². The summed E-state index contributed by atoms with van der Waals surface area (Å²) in [7, 11) is 0. The van der Waals surface area contributed by atoms with Gasteiger partial charge >= 0.3 is 11.9 Å². The fourth-order valence-corrected chi connectivity index (χ4v) is 2.90. The number of imide groups is 1. The number of carbonyl (C=O) groups excluding carboxylic acids is 4. The Bertz CT molecular complexity index is 701. The van der Waals surface area contributed by atoms with Crippen LogP contribution >= 0.6 is 0 Å². The summed E-state index contributed by atoms with van der Waals surface area (Å²) < 4.78 is 10.2. The summed E-state index contributed by atoms with van der Waals surface area (Å²) in [6, 6.07) is 6.15. The van der Waals surface area contributed by atoms with Gasteiger partial charge in [-0.2, -0.15) is 0 Å². The predicted octanol–water partition coefficient (Wildman–Crippen LogP) is 1.10. The van der Waals surface area contributed by atoms with Crippen molar-refractivity contribution in [2.24, 2.45) is 5.41 Å². The number of hydroxylamine groups is 2. The van der Waals surface area contributed by atoms with Gasteiger partial charge in [0.25, 0.3) is 11.8 Å². The van der Waals surface area contributed by atoms with Crippen LogP contribution in [0.15, 0.2) is 24.3 Å². The minimum Gasteiger partial charge on any atom is -0.465 e. The largest absolute Gasteiger partial charge is 0.465 e. The average Bonchev–Trinajstić information content (AvgIpc) is 2.87. The molecule has 0 atom stereocenters. The first kappa shape index (κ1) is 17.1. The maximum Gasteiger partial charge on any atom is 0.350 e. The van der Waals surface area contributed by atoms with E-state index in [1.54, 1.807) is 19.1 Å². The number of esters is 1. The summed E-state index contributed by atoms with van der Waals surface area (Å²) in [6.07, 6.45) is 0.127. The van der Waals surface area contributed by atoms with E-state index < -0.39 is 29.2 Å². The molecule has 0 aromatic heterocycles. The highest BCUT2D eigenvalue weighted by Crippen LogP contribution is 2.35. The molecule has 8 heteroatoms. The van der Waals surface area contributed by atoms with Crippen molar-refractivity contribution in [3.05, 3.63) is 35.4 Å². The fourth-order valence-electron chi connectivity index (χ4n) is 2.90. The van der Waals surface area contributed by atoms with Gasteiger partial charge in [0.15, 0.2) is 5.41 Å². The van der Waals surface area contributed by atoms with Crippen LogP contribution in [0.1, 0.15) is 40.5 Å². The Morgan fingerprint density at radius 2 is 1.64 bits per heavy atom. The lowest BCUT2D eigenvalue weighted by Gasteiger charge is -2.32. The van der Waals surface area contributed by atoms with E-state index in [-0.39, 0.29) is 43.8 Å². The number of benzene rings is 1. The molecule has 2 amide bonds. The van der Waals surface area contributed by atoms with Crippen LogP contribution in [0, 0.1) is 5.41 Å². The third-order valence-electron chi connectivity index (χ3n) is 4.33. The zero-order valence-electron chi connectivity index (χ0n) is 13.6. The van der Waals surface area contributed by atoms with Crippen LogP contribution in [-0.4, -0.2) is 48.6 Å². The fraction of sp³-hybridized carbons (Fsp3) is 0.412. The van der Waals surface area contributed by atoms with Crippen LogP contribution in [-0.2, 0) is 23.9 Å². The second-order valence-corrected chi connectivity index (χ2v) is 5.74. The normalized spacial score (nSPS) is 18.7. The van der Waals surface area contributed by atoms with E-state index in [4.69, 9.17) is 14.3 Å². The highest BCUT2D eigenvalue weighted by atomic mass is 16.7. The Morgan fingerprint density at radius 3 is 2.16 bits per heavy atom. The van der Waals surface area contributed by atoms with Gasteiger partial charge in [0.2, 0.25) is 0 Å². The van der Waals surface area contributed by atoms with Gasteiger partial charge in [0, 0.05) is 13.2 Å². The Kier molecular flexibility index (Phi) is 4.54. The van der Waals surface area contributed by atoms with Gasteiger partial charge in [-0.3, -0.25) is 14.4 Å². The van der Waals surface area contributed by atoms with Crippen LogP contribution in [0.5, 0.6) is 0 Å². The van der Waals surface area contributed by atoms with Crippen molar-refractivity contribution in [3.8, 4) is 0 Å². The zero-order valence-corrected chi connectivity index (χ0v) is 13.6. The number of rotatable bonds is 4. The maximum absolute atomic E-state index is 12.7. The minimum atomic E-state index is -1.58. The van der Waals surface area contributed by atoms with Crippen molar-refractivity contribution < 1.29 is 33.5 Å². The third kappa shape index (κ3) is 2.78. The van der Waals surface area contributed by atoms with E-state index in [2.05, 4.69) is 0 Å². The first-order valence-electron chi connectivity index (χ1n) is 7.96. The van der Waals surface area contributed by atoms with Crippen LogP contribution in [0.4, 0.5) is 0 Å². The topological polar surface area (TPSA) is 99.2 Å². The lowest BCUT2D eigenvalue weighted by atomic mass is 9.80. The molecule has 1 aromatic carbocycles. The standard InChI is InChI=1S/C17H17NO7/c1-2-24-15(21)17(7-9-23-10-8-17)16(22)25-18-13(19)11-5-3-4-6-12(11)14(18)20/h3-6H,2,7-10H2,1H3. The zero-order chi connectivity index (χ0) is 18.0. The Labute approximate surface area is 143 Å². The van der Waals surface area contributed by atoms with Crippen molar-refractivity contribution in [1.82, 2.24) is 5.06 Å². The number of hydrogen-bond acceptors (Lipinski definition) is 7. The molecule has 0 N–H and O–H groups in total. The van der Waals surface area contributed by atoms with Crippen molar-refractivity contribution in [2.75, 3.05) is 19.8 Å². The number of fused-ring (bicyclic) bond motifs is 1. The highest BCUT2D eigenvalue weighted by molar-refractivity contribution is 6.21. The van der Waals surface area contributed by atoms with Crippen molar-refractivity contribution in [3.63, 3.8) is 0 Å². The SMILES string of the molecule is CCOC(=O)C1(C(=O)ON2C(=O)c3ccccc3C2=O)CCOCC1. The molecule has 0 saturated carbocycles. The highest BCUT2D eigenvalue weighted by Gasteiger charge is 2.52. The molecule has 1 aromatic rings. The molecule has 132 valence electrons. The quantitative estimate of drug-likeness (QED) is 0.457. The molecular weight excluding hydrogens is 330 g/mol. The molecule has 25 heavy (non-hydrogen) atoms. The van der Waals surface area contributed by atoms with E-state index in [1.165, 1.54) is 12.1 Å². The predicted molar refractivity (Wildman–Crippen MR) is 82.2 cm³/mol. The summed E-state index contributed by atoms with van der Waals surface area (Å²) >= 11 is 0. The van der Waals surface area contributed by atoms with Crippen LogP contribution in [0.3, 0.4) is 0 Å². The molecule has 0 radical (unpaired) electrons. The van der Waals surface area contributed by atoms with Crippen LogP contribution in [0.2, 0.25) is 0 Å². The number of ether oxygens (including phenoxy) is 2. The Morgan fingerprint density at radius 1 is 1.08 bits per heavy atom. The molecule has 0 aliphatic carbocycles. The smallest absolute Gasteiger partial charge is 0.350 e. The number of nitrogens with zero attached hydrogens (tertiary/aromatic N) is 1. The Hall–Kier alpha value is -2.74. The Balaban J connectivity index is 1.84. The molecule has 0 unspecified atom stereocenters. The van der Waals surface area contributed by atoms with E-state index in [9.17, 15) is 19.2 Å². The van der Waals surface area contributed by atoms with E-state index >= 15 is 0 Å². The van der Waals surface area contributed by atoms with E-state index in [0.29, 0.717) is 5.06 Å². The van der Waals surface area contributed by atoms with Gasteiger partial charge in [0.05, 0.1) is 17.7 Å². The first-order chi connectivity index (χ1) is 12.0. The second kappa shape index (κ2) is 6.64. The first-order valence-corrected chi connectivity index (χ1v) is 7.96. The maximum atomic E-state index is 12.7. The molecule has 0 bridgehead atoms. The second-order valence-electron chi connectivity index (χ2n) is 5.74. The van der Waals surface area contributed by atoms with Crippen molar-refractivity contribution >= 4 is 23.8 Å². The number of amides is 2. The molecule has 3 rings (SSSR count). The molecule has 2 aliphatic heterocycles. The van der Waals surface area contributed by atoms with Crippen LogP contribution in [0.25, 0.3) is 0 Å². The van der Waals surface area contributed by atoms with Crippen LogP contribution < -0.4 is 0 Å². The molecule has 1 fully saturated rings. The lowest BCUT2D eigenvalue weighted by molar-refractivity contribution is -0.195. The lowest BCUT2D eigenvalue weighted by Crippen LogP contribution is -2.49. The molecule has 2 heterocycles. The van der Waals surface area contributed by atoms with E-state index in [1.807, 2.05) is 0 Å².